The van der Waals surface area contributed by atoms with E-state index in [0.29, 0.717) is 0 Å². The molecule has 0 fully saturated rings. The first-order valence-corrected chi connectivity index (χ1v) is 8.49. The molecular weight excluding hydrogens is 268 g/mol. The van der Waals surface area contributed by atoms with Gasteiger partial charge in [-0.05, 0) is 54.4 Å². The molecule has 0 bridgehead atoms. The van der Waals surface area contributed by atoms with E-state index in [0.717, 1.165) is 26.1 Å². The Balaban J connectivity index is 1.65. The number of hydrogen-bond donors (Lipinski definition) is 1. The summed E-state index contributed by atoms with van der Waals surface area (Å²) in [6, 6.07) is 15.4. The van der Waals surface area contributed by atoms with Crippen LogP contribution in [0.25, 0.3) is 11.1 Å². The molecule has 0 aliphatic heterocycles. The summed E-state index contributed by atoms with van der Waals surface area (Å²) in [6.07, 6.45) is 2.25. The second kappa shape index (κ2) is 6.97. The first-order chi connectivity index (χ1) is 10.8. The van der Waals surface area contributed by atoms with E-state index in [2.05, 4.69) is 66.5 Å². The predicted octanol–water partition coefficient (Wildman–Crippen LogP) is 4.40. The van der Waals surface area contributed by atoms with Crippen LogP contribution in [0.2, 0.25) is 0 Å². The van der Waals surface area contributed by atoms with Crippen molar-refractivity contribution >= 4 is 5.69 Å². The van der Waals surface area contributed by atoms with Gasteiger partial charge in [0, 0.05) is 18.7 Å². The van der Waals surface area contributed by atoms with E-state index in [1.165, 1.54) is 40.9 Å². The maximum Gasteiger partial charge on any atom is 0.0382 e. The number of nitrogens with zero attached hydrogens (tertiary/aromatic N) is 1. The third-order valence-corrected chi connectivity index (χ3v) is 4.71. The van der Waals surface area contributed by atoms with Gasteiger partial charge in [0.2, 0.25) is 0 Å². The van der Waals surface area contributed by atoms with Crippen LogP contribution in [0.1, 0.15) is 31.4 Å². The standard InChI is InChI=1S/C20H26N2/c1-3-22(4-2)14-8-13-21-20-12-7-11-18-17-10-6-5-9-16(17)15-19(18)20/h5-7,9-12,21H,3-4,8,13-15H2,1-2H3. The number of rotatable bonds is 7. The highest BCUT2D eigenvalue weighted by molar-refractivity contribution is 5.81. The summed E-state index contributed by atoms with van der Waals surface area (Å²) in [5, 5.41) is 3.66. The molecule has 3 rings (SSSR count). The van der Waals surface area contributed by atoms with Crippen LogP contribution >= 0.6 is 0 Å². The summed E-state index contributed by atoms with van der Waals surface area (Å²) in [4.78, 5) is 2.48. The second-order valence-corrected chi connectivity index (χ2v) is 5.97. The lowest BCUT2D eigenvalue weighted by Crippen LogP contribution is -2.25. The molecule has 2 aromatic rings. The van der Waals surface area contributed by atoms with Gasteiger partial charge in [0.1, 0.15) is 0 Å². The fourth-order valence-corrected chi connectivity index (χ4v) is 3.39. The molecule has 0 aromatic heterocycles. The number of anilines is 1. The van der Waals surface area contributed by atoms with E-state index in [4.69, 9.17) is 0 Å². The SMILES string of the molecule is CCN(CC)CCCNc1cccc2c1Cc1ccccc1-2. The van der Waals surface area contributed by atoms with E-state index in [1.807, 2.05) is 0 Å². The topological polar surface area (TPSA) is 15.3 Å². The summed E-state index contributed by atoms with van der Waals surface area (Å²) in [5.41, 5.74) is 7.04. The molecule has 0 saturated heterocycles. The average Bonchev–Trinajstić information content (AvgIpc) is 2.94. The van der Waals surface area contributed by atoms with Crippen LogP contribution in [0, 0.1) is 0 Å². The van der Waals surface area contributed by atoms with Gasteiger partial charge in [0.25, 0.3) is 0 Å². The molecule has 116 valence electrons. The van der Waals surface area contributed by atoms with Crippen LogP contribution in [0.3, 0.4) is 0 Å². The van der Waals surface area contributed by atoms with E-state index in [9.17, 15) is 0 Å². The largest absolute Gasteiger partial charge is 0.385 e. The third kappa shape index (κ3) is 3.02. The molecule has 2 aromatic carbocycles. The predicted molar refractivity (Wildman–Crippen MR) is 95.6 cm³/mol. The monoisotopic (exact) mass is 294 g/mol. The zero-order valence-electron chi connectivity index (χ0n) is 13.7. The maximum atomic E-state index is 3.66. The molecule has 0 radical (unpaired) electrons. The van der Waals surface area contributed by atoms with Crippen molar-refractivity contribution in [3.05, 3.63) is 53.6 Å². The highest BCUT2D eigenvalue weighted by atomic mass is 15.1. The zero-order valence-corrected chi connectivity index (χ0v) is 13.7. The van der Waals surface area contributed by atoms with E-state index in [1.54, 1.807) is 0 Å². The molecule has 1 aliphatic carbocycles. The minimum atomic E-state index is 1.04. The van der Waals surface area contributed by atoms with Gasteiger partial charge in [-0.1, -0.05) is 50.2 Å². The minimum Gasteiger partial charge on any atom is -0.385 e. The first kappa shape index (κ1) is 15.1. The zero-order chi connectivity index (χ0) is 15.4. The number of hydrogen-bond acceptors (Lipinski definition) is 2. The highest BCUT2D eigenvalue weighted by Gasteiger charge is 2.19. The lowest BCUT2D eigenvalue weighted by Gasteiger charge is -2.18. The number of benzene rings is 2. The molecule has 22 heavy (non-hydrogen) atoms. The molecular formula is C20H26N2. The fourth-order valence-electron chi connectivity index (χ4n) is 3.39. The van der Waals surface area contributed by atoms with E-state index < -0.39 is 0 Å². The van der Waals surface area contributed by atoms with Crippen molar-refractivity contribution in [2.24, 2.45) is 0 Å². The van der Waals surface area contributed by atoms with Crippen molar-refractivity contribution in [1.29, 1.82) is 0 Å². The summed E-state index contributed by atoms with van der Waals surface area (Å²) in [7, 11) is 0. The van der Waals surface area contributed by atoms with Gasteiger partial charge in [0.15, 0.2) is 0 Å². The molecule has 2 nitrogen and oxygen atoms in total. The van der Waals surface area contributed by atoms with Gasteiger partial charge in [-0.15, -0.1) is 0 Å². The van der Waals surface area contributed by atoms with Gasteiger partial charge in [0.05, 0.1) is 0 Å². The van der Waals surface area contributed by atoms with Gasteiger partial charge in [-0.2, -0.15) is 0 Å². The lowest BCUT2D eigenvalue weighted by molar-refractivity contribution is 0.303. The van der Waals surface area contributed by atoms with E-state index >= 15 is 0 Å². The molecule has 1 aliphatic rings. The Bertz CT molecular complexity index is 629. The van der Waals surface area contributed by atoms with Crippen LogP contribution in [-0.4, -0.2) is 31.1 Å². The lowest BCUT2D eigenvalue weighted by atomic mass is 10.0. The summed E-state index contributed by atoms with van der Waals surface area (Å²) >= 11 is 0. The fraction of sp³-hybridized carbons (Fsp3) is 0.400. The van der Waals surface area contributed by atoms with Crippen LogP contribution in [0.4, 0.5) is 5.69 Å². The van der Waals surface area contributed by atoms with Crippen molar-refractivity contribution in [3.8, 4) is 11.1 Å². The van der Waals surface area contributed by atoms with Gasteiger partial charge in [-0.3, -0.25) is 0 Å². The maximum absolute atomic E-state index is 3.66. The Labute approximate surface area is 134 Å². The van der Waals surface area contributed by atoms with Crippen LogP contribution in [-0.2, 0) is 6.42 Å². The molecule has 1 N–H and O–H groups in total. The van der Waals surface area contributed by atoms with Crippen LogP contribution in [0.5, 0.6) is 0 Å². The van der Waals surface area contributed by atoms with Crippen molar-refractivity contribution in [2.45, 2.75) is 26.7 Å². The quantitative estimate of drug-likeness (QED) is 0.650. The average molecular weight is 294 g/mol. The van der Waals surface area contributed by atoms with Crippen molar-refractivity contribution < 1.29 is 0 Å². The Morgan fingerprint density at radius 3 is 2.55 bits per heavy atom. The highest BCUT2D eigenvalue weighted by Crippen LogP contribution is 2.39. The molecule has 0 heterocycles. The Morgan fingerprint density at radius 1 is 0.955 bits per heavy atom. The van der Waals surface area contributed by atoms with Gasteiger partial charge < -0.3 is 10.2 Å². The molecule has 0 saturated carbocycles. The molecule has 0 amide bonds. The van der Waals surface area contributed by atoms with Crippen LogP contribution in [0.15, 0.2) is 42.5 Å². The Morgan fingerprint density at radius 2 is 1.73 bits per heavy atom. The Hall–Kier alpha value is -1.80. The number of nitrogens with one attached hydrogen (secondary N) is 1. The Kier molecular flexibility index (Phi) is 4.79. The van der Waals surface area contributed by atoms with Crippen LogP contribution < -0.4 is 5.32 Å². The summed E-state index contributed by atoms with van der Waals surface area (Å²) in [5.74, 6) is 0. The summed E-state index contributed by atoms with van der Waals surface area (Å²) < 4.78 is 0. The molecule has 0 unspecified atom stereocenters. The third-order valence-electron chi connectivity index (χ3n) is 4.71. The molecule has 0 atom stereocenters. The van der Waals surface area contributed by atoms with Gasteiger partial charge >= 0.3 is 0 Å². The second-order valence-electron chi connectivity index (χ2n) is 5.97. The molecule has 0 spiro atoms. The summed E-state index contributed by atoms with van der Waals surface area (Å²) in [6.45, 7) is 8.98. The van der Waals surface area contributed by atoms with E-state index in [-0.39, 0.29) is 0 Å². The number of fused-ring (bicyclic) bond motifs is 3. The minimum absolute atomic E-state index is 1.04. The smallest absolute Gasteiger partial charge is 0.0382 e. The molecule has 2 heteroatoms. The van der Waals surface area contributed by atoms with Crippen molar-refractivity contribution in [1.82, 2.24) is 4.90 Å². The normalized spacial score (nSPS) is 12.3. The van der Waals surface area contributed by atoms with Crippen molar-refractivity contribution in [2.75, 3.05) is 31.5 Å². The van der Waals surface area contributed by atoms with Gasteiger partial charge in [-0.25, -0.2) is 0 Å². The van der Waals surface area contributed by atoms with Crippen molar-refractivity contribution in [3.63, 3.8) is 0 Å². The first-order valence-electron chi connectivity index (χ1n) is 8.49.